The van der Waals surface area contributed by atoms with Gasteiger partial charge in [-0.05, 0) is 28.1 Å². The number of carbonyl (C=O) groups excluding carboxylic acids is 1. The normalized spacial score (nSPS) is 9.85. The van der Waals surface area contributed by atoms with E-state index in [2.05, 4.69) is 20.7 Å². The Morgan fingerprint density at radius 1 is 1.62 bits per heavy atom. The number of hydrogen-bond acceptors (Lipinski definition) is 2. The fraction of sp³-hybridized carbons (Fsp3) is 0.125. The molecular weight excluding hydrogens is 262 g/mol. The molecule has 2 nitrogen and oxygen atoms in total. The van der Waals surface area contributed by atoms with E-state index in [1.165, 1.54) is 13.2 Å². The van der Waals surface area contributed by atoms with Crippen molar-refractivity contribution in [2.75, 3.05) is 7.11 Å². The fourth-order valence-corrected chi connectivity index (χ4v) is 1.59. The molecule has 0 aromatic heterocycles. The van der Waals surface area contributed by atoms with E-state index >= 15 is 0 Å². The summed E-state index contributed by atoms with van der Waals surface area (Å²) in [5, 5.41) is -0.0421. The van der Waals surface area contributed by atoms with Crippen LogP contribution in [0.3, 0.4) is 0 Å². The molecule has 0 atom stereocenters. The summed E-state index contributed by atoms with van der Waals surface area (Å²) in [5.41, 5.74) is 0.115. The molecule has 0 radical (unpaired) electrons. The van der Waals surface area contributed by atoms with Gasteiger partial charge in [0.2, 0.25) is 0 Å². The maximum absolute atomic E-state index is 12.9. The van der Waals surface area contributed by atoms with E-state index in [4.69, 9.17) is 11.6 Å². The minimum Gasteiger partial charge on any atom is -0.465 e. The van der Waals surface area contributed by atoms with Crippen LogP contribution in [0.1, 0.15) is 10.4 Å². The number of hydrogen-bond donors (Lipinski definition) is 0. The fourth-order valence-electron chi connectivity index (χ4n) is 0.789. The van der Waals surface area contributed by atoms with Crippen molar-refractivity contribution >= 4 is 33.5 Å². The first kappa shape index (κ1) is 10.5. The molecule has 0 N–H and O–H groups in total. The molecule has 0 fully saturated rings. The first-order valence-corrected chi connectivity index (χ1v) is 4.46. The summed E-state index contributed by atoms with van der Waals surface area (Å²) >= 11 is 8.55. The Labute approximate surface area is 87.8 Å². The van der Waals surface area contributed by atoms with Crippen LogP contribution in [0.2, 0.25) is 5.02 Å². The van der Waals surface area contributed by atoms with Crippen molar-refractivity contribution in [2.45, 2.75) is 0 Å². The Bertz CT molecular complexity index is 354. The van der Waals surface area contributed by atoms with Crippen molar-refractivity contribution in [3.8, 4) is 0 Å². The highest BCUT2D eigenvalue weighted by Gasteiger charge is 2.13. The number of ether oxygens (including phenoxy) is 1. The van der Waals surface area contributed by atoms with E-state index in [0.717, 1.165) is 6.07 Å². The lowest BCUT2D eigenvalue weighted by atomic mass is 10.2. The molecule has 0 bridgehead atoms. The van der Waals surface area contributed by atoms with Gasteiger partial charge in [-0.2, -0.15) is 0 Å². The molecule has 0 heterocycles. The van der Waals surface area contributed by atoms with Crippen LogP contribution in [0.25, 0.3) is 0 Å². The van der Waals surface area contributed by atoms with Crippen molar-refractivity contribution in [2.24, 2.45) is 0 Å². The molecule has 1 rings (SSSR count). The van der Waals surface area contributed by atoms with Gasteiger partial charge in [0.05, 0.1) is 17.7 Å². The quantitative estimate of drug-likeness (QED) is 0.577. The Balaban J connectivity index is 3.23. The van der Waals surface area contributed by atoms with Crippen LogP contribution >= 0.6 is 27.5 Å². The standard InChI is InChI=1S/C8H5BrClFO2/c1-13-8(12)4-2-7(11)6(10)3-5(4)9/h2-3H,1H3. The average Bonchev–Trinajstić information content (AvgIpc) is 2.10. The van der Waals surface area contributed by atoms with Crippen LogP contribution in [0.5, 0.6) is 0 Å². The zero-order valence-electron chi connectivity index (χ0n) is 6.61. The van der Waals surface area contributed by atoms with E-state index in [9.17, 15) is 9.18 Å². The topological polar surface area (TPSA) is 26.3 Å². The predicted octanol–water partition coefficient (Wildman–Crippen LogP) is 3.03. The molecule has 0 spiro atoms. The first-order chi connectivity index (χ1) is 6.06. The molecule has 0 aliphatic carbocycles. The minimum absolute atomic E-state index is 0.0421. The number of halogens is 3. The van der Waals surface area contributed by atoms with Gasteiger partial charge in [-0.15, -0.1) is 0 Å². The van der Waals surface area contributed by atoms with Crippen LogP contribution in [-0.4, -0.2) is 13.1 Å². The third-order valence-corrected chi connectivity index (χ3v) is 2.36. The van der Waals surface area contributed by atoms with E-state index in [1.54, 1.807) is 0 Å². The van der Waals surface area contributed by atoms with Crippen LogP contribution in [0.4, 0.5) is 4.39 Å². The zero-order chi connectivity index (χ0) is 10.0. The maximum Gasteiger partial charge on any atom is 0.339 e. The zero-order valence-corrected chi connectivity index (χ0v) is 8.95. The molecule has 13 heavy (non-hydrogen) atoms. The predicted molar refractivity (Wildman–Crippen MR) is 50.4 cm³/mol. The van der Waals surface area contributed by atoms with E-state index < -0.39 is 11.8 Å². The molecule has 70 valence electrons. The third kappa shape index (κ3) is 2.19. The number of methoxy groups -OCH3 is 1. The molecule has 0 aliphatic rings. The van der Waals surface area contributed by atoms with Gasteiger partial charge >= 0.3 is 5.97 Å². The lowest BCUT2D eigenvalue weighted by Crippen LogP contribution is -2.02. The molecule has 5 heteroatoms. The van der Waals surface area contributed by atoms with Gasteiger partial charge < -0.3 is 4.74 Å². The molecule has 0 unspecified atom stereocenters. The SMILES string of the molecule is COC(=O)c1cc(F)c(Cl)cc1Br. The Morgan fingerprint density at radius 2 is 2.23 bits per heavy atom. The summed E-state index contributed by atoms with van der Waals surface area (Å²) in [5.74, 6) is -1.26. The van der Waals surface area contributed by atoms with Gasteiger partial charge in [-0.3, -0.25) is 0 Å². The van der Waals surface area contributed by atoms with Gasteiger partial charge in [0, 0.05) is 4.47 Å². The van der Waals surface area contributed by atoms with Crippen molar-refractivity contribution in [3.63, 3.8) is 0 Å². The summed E-state index contributed by atoms with van der Waals surface area (Å²) < 4.78 is 17.7. The lowest BCUT2D eigenvalue weighted by molar-refractivity contribution is 0.0599. The number of esters is 1. The minimum atomic E-state index is -0.648. The van der Waals surface area contributed by atoms with Crippen molar-refractivity contribution in [1.29, 1.82) is 0 Å². The molecule has 1 aromatic rings. The Kier molecular flexibility index (Phi) is 3.27. The van der Waals surface area contributed by atoms with E-state index in [-0.39, 0.29) is 10.6 Å². The summed E-state index contributed by atoms with van der Waals surface area (Å²) in [6.07, 6.45) is 0. The molecular formula is C8H5BrClFO2. The Morgan fingerprint density at radius 3 is 2.77 bits per heavy atom. The lowest BCUT2D eigenvalue weighted by Gasteiger charge is -2.03. The maximum atomic E-state index is 12.9. The summed E-state index contributed by atoms with van der Waals surface area (Å²) in [6.45, 7) is 0. The van der Waals surface area contributed by atoms with Crippen LogP contribution < -0.4 is 0 Å². The molecule has 1 aromatic carbocycles. The van der Waals surface area contributed by atoms with Crippen molar-refractivity contribution < 1.29 is 13.9 Å². The van der Waals surface area contributed by atoms with Crippen LogP contribution in [0, 0.1) is 5.82 Å². The summed E-state index contributed by atoms with van der Waals surface area (Å²) in [6, 6.07) is 2.33. The molecule has 0 saturated heterocycles. The van der Waals surface area contributed by atoms with Gasteiger partial charge in [0.1, 0.15) is 5.82 Å². The van der Waals surface area contributed by atoms with Gasteiger partial charge in [-0.25, -0.2) is 9.18 Å². The van der Waals surface area contributed by atoms with Crippen molar-refractivity contribution in [3.05, 3.63) is 33.0 Å². The smallest absolute Gasteiger partial charge is 0.339 e. The molecule has 0 saturated carbocycles. The first-order valence-electron chi connectivity index (χ1n) is 3.29. The molecule has 0 aliphatic heterocycles. The molecule has 0 amide bonds. The second-order valence-corrected chi connectivity index (χ2v) is 3.50. The monoisotopic (exact) mass is 266 g/mol. The van der Waals surface area contributed by atoms with Gasteiger partial charge in [-0.1, -0.05) is 11.6 Å². The number of benzene rings is 1. The Hall–Kier alpha value is -0.610. The highest BCUT2D eigenvalue weighted by atomic mass is 79.9. The highest BCUT2D eigenvalue weighted by Crippen LogP contribution is 2.25. The second kappa shape index (κ2) is 4.07. The number of carbonyl (C=O) groups is 1. The number of rotatable bonds is 1. The second-order valence-electron chi connectivity index (χ2n) is 2.24. The van der Waals surface area contributed by atoms with Gasteiger partial charge in [0.25, 0.3) is 0 Å². The summed E-state index contributed by atoms with van der Waals surface area (Å²) in [4.78, 5) is 11.0. The largest absolute Gasteiger partial charge is 0.465 e. The average molecular weight is 267 g/mol. The van der Waals surface area contributed by atoms with Gasteiger partial charge in [0.15, 0.2) is 0 Å². The third-order valence-electron chi connectivity index (χ3n) is 1.42. The van der Waals surface area contributed by atoms with Crippen molar-refractivity contribution in [1.82, 2.24) is 0 Å². The van der Waals surface area contributed by atoms with E-state index in [0.29, 0.717) is 4.47 Å². The highest BCUT2D eigenvalue weighted by molar-refractivity contribution is 9.10. The van der Waals surface area contributed by atoms with Crippen LogP contribution in [-0.2, 0) is 4.74 Å². The summed E-state index contributed by atoms with van der Waals surface area (Å²) in [7, 11) is 1.22. The van der Waals surface area contributed by atoms with Crippen LogP contribution in [0.15, 0.2) is 16.6 Å². The van der Waals surface area contributed by atoms with E-state index in [1.807, 2.05) is 0 Å².